The van der Waals surface area contributed by atoms with Crippen LogP contribution in [0.1, 0.15) is 18.4 Å². The summed E-state index contributed by atoms with van der Waals surface area (Å²) >= 11 is 1.65. The molecule has 0 bridgehead atoms. The van der Waals surface area contributed by atoms with Crippen LogP contribution >= 0.6 is 11.3 Å². The molecule has 1 unspecified atom stereocenters. The SMILES string of the molecule is COc1ccc2nc(N3CCCC(C(=O)NCc4ccccc4OC)C3)sc2c1. The van der Waals surface area contributed by atoms with Gasteiger partial charge in [0.05, 0.1) is 30.4 Å². The maximum absolute atomic E-state index is 12.8. The topological polar surface area (TPSA) is 63.7 Å². The number of aromatic nitrogens is 1. The molecule has 0 aliphatic carbocycles. The Kier molecular flexibility index (Phi) is 5.85. The highest BCUT2D eigenvalue weighted by Gasteiger charge is 2.27. The lowest BCUT2D eigenvalue weighted by Gasteiger charge is -2.31. The number of methoxy groups -OCH3 is 2. The predicted octanol–water partition coefficient (Wildman–Crippen LogP) is 3.85. The van der Waals surface area contributed by atoms with E-state index in [9.17, 15) is 4.79 Å². The van der Waals surface area contributed by atoms with Crippen LogP contribution in [0.15, 0.2) is 42.5 Å². The summed E-state index contributed by atoms with van der Waals surface area (Å²) in [5.41, 5.74) is 1.95. The van der Waals surface area contributed by atoms with Crippen molar-refractivity contribution in [2.24, 2.45) is 5.92 Å². The van der Waals surface area contributed by atoms with Gasteiger partial charge in [0.25, 0.3) is 0 Å². The van der Waals surface area contributed by atoms with Crippen molar-refractivity contribution in [1.29, 1.82) is 0 Å². The molecule has 7 heteroatoms. The average molecular weight is 412 g/mol. The number of nitrogens with zero attached hydrogens (tertiary/aromatic N) is 2. The molecule has 1 saturated heterocycles. The highest BCUT2D eigenvalue weighted by atomic mass is 32.1. The lowest BCUT2D eigenvalue weighted by molar-refractivity contribution is -0.125. The molecule has 6 nitrogen and oxygen atoms in total. The Morgan fingerprint density at radius 1 is 1.24 bits per heavy atom. The molecule has 1 N–H and O–H groups in total. The summed E-state index contributed by atoms with van der Waals surface area (Å²) in [5.74, 6) is 1.67. The molecule has 4 rings (SSSR count). The Hall–Kier alpha value is -2.80. The van der Waals surface area contributed by atoms with Crippen molar-refractivity contribution in [1.82, 2.24) is 10.3 Å². The average Bonchev–Trinajstić information content (AvgIpc) is 3.21. The van der Waals surface area contributed by atoms with Gasteiger partial charge >= 0.3 is 0 Å². The van der Waals surface area contributed by atoms with Crippen molar-refractivity contribution < 1.29 is 14.3 Å². The minimum Gasteiger partial charge on any atom is -0.497 e. The number of amides is 1. The van der Waals surface area contributed by atoms with E-state index in [1.54, 1.807) is 25.6 Å². The fourth-order valence-electron chi connectivity index (χ4n) is 3.70. The van der Waals surface area contributed by atoms with Crippen molar-refractivity contribution in [3.05, 3.63) is 48.0 Å². The summed E-state index contributed by atoms with van der Waals surface area (Å²) in [5, 5.41) is 4.05. The van der Waals surface area contributed by atoms with Gasteiger partial charge in [-0.15, -0.1) is 0 Å². The van der Waals surface area contributed by atoms with Crippen LogP contribution in [0.4, 0.5) is 5.13 Å². The highest BCUT2D eigenvalue weighted by molar-refractivity contribution is 7.22. The van der Waals surface area contributed by atoms with E-state index in [2.05, 4.69) is 10.2 Å². The number of para-hydroxylation sites is 1. The minimum absolute atomic E-state index is 0.0417. The number of fused-ring (bicyclic) bond motifs is 1. The van der Waals surface area contributed by atoms with Crippen LogP contribution in [-0.2, 0) is 11.3 Å². The van der Waals surface area contributed by atoms with Gasteiger partial charge in [-0.2, -0.15) is 0 Å². The van der Waals surface area contributed by atoms with E-state index in [1.807, 2.05) is 42.5 Å². The van der Waals surface area contributed by atoms with Crippen molar-refractivity contribution in [2.75, 3.05) is 32.2 Å². The molecule has 3 aromatic rings. The molecular formula is C22H25N3O3S. The van der Waals surface area contributed by atoms with E-state index in [0.29, 0.717) is 13.1 Å². The number of nitrogens with one attached hydrogen (secondary N) is 1. The van der Waals surface area contributed by atoms with Crippen LogP contribution in [0.5, 0.6) is 11.5 Å². The van der Waals surface area contributed by atoms with Crippen LogP contribution in [0.25, 0.3) is 10.2 Å². The standard InChI is InChI=1S/C22H25N3O3S/c1-27-17-9-10-18-20(12-17)29-22(24-18)25-11-5-7-16(14-25)21(26)23-13-15-6-3-4-8-19(15)28-2/h3-4,6,8-10,12,16H,5,7,11,13-14H2,1-2H3,(H,23,26). The summed E-state index contributed by atoms with van der Waals surface area (Å²) in [4.78, 5) is 19.8. The molecule has 152 valence electrons. The van der Waals surface area contributed by atoms with E-state index in [0.717, 1.165) is 51.8 Å². The van der Waals surface area contributed by atoms with E-state index in [-0.39, 0.29) is 11.8 Å². The number of hydrogen-bond acceptors (Lipinski definition) is 6. The number of ether oxygens (including phenoxy) is 2. The first-order chi connectivity index (χ1) is 14.2. The Labute approximate surface area is 174 Å². The van der Waals surface area contributed by atoms with Crippen molar-refractivity contribution >= 4 is 32.6 Å². The van der Waals surface area contributed by atoms with Crippen LogP contribution < -0.4 is 19.7 Å². The molecule has 2 aromatic carbocycles. The number of carbonyl (C=O) groups excluding carboxylic acids is 1. The van der Waals surface area contributed by atoms with Gasteiger partial charge in [0.2, 0.25) is 5.91 Å². The molecule has 0 spiro atoms. The monoisotopic (exact) mass is 411 g/mol. The first-order valence-corrected chi connectivity index (χ1v) is 10.6. The van der Waals surface area contributed by atoms with Crippen LogP contribution in [0.2, 0.25) is 0 Å². The normalized spacial score (nSPS) is 16.6. The van der Waals surface area contributed by atoms with Gasteiger partial charge in [-0.3, -0.25) is 4.79 Å². The molecule has 2 heterocycles. The van der Waals surface area contributed by atoms with Gasteiger partial charge in [-0.1, -0.05) is 29.5 Å². The second kappa shape index (κ2) is 8.69. The molecule has 0 saturated carbocycles. The van der Waals surface area contributed by atoms with Crippen LogP contribution in [0, 0.1) is 5.92 Å². The molecule has 1 atom stereocenters. The third-order valence-corrected chi connectivity index (χ3v) is 6.37. The fraction of sp³-hybridized carbons (Fsp3) is 0.364. The zero-order valence-electron chi connectivity index (χ0n) is 16.7. The molecule has 29 heavy (non-hydrogen) atoms. The molecule has 1 fully saturated rings. The zero-order chi connectivity index (χ0) is 20.2. The number of thiazole rings is 1. The van der Waals surface area contributed by atoms with Crippen LogP contribution in [0.3, 0.4) is 0 Å². The van der Waals surface area contributed by atoms with Gasteiger partial charge in [-0.05, 0) is 37.1 Å². The fourth-order valence-corrected chi connectivity index (χ4v) is 4.72. The third-order valence-electron chi connectivity index (χ3n) is 5.29. The maximum Gasteiger partial charge on any atom is 0.225 e. The second-order valence-corrected chi connectivity index (χ2v) is 8.15. The van der Waals surface area contributed by atoms with Crippen LogP contribution in [-0.4, -0.2) is 38.2 Å². The third kappa shape index (κ3) is 4.29. The summed E-state index contributed by atoms with van der Waals surface area (Å²) in [6.45, 7) is 2.09. The van der Waals surface area contributed by atoms with Crippen molar-refractivity contribution in [3.8, 4) is 11.5 Å². The number of rotatable bonds is 6. The summed E-state index contributed by atoms with van der Waals surface area (Å²) in [6.07, 6.45) is 1.87. The second-order valence-electron chi connectivity index (χ2n) is 7.14. The zero-order valence-corrected chi connectivity index (χ0v) is 17.5. The highest BCUT2D eigenvalue weighted by Crippen LogP contribution is 2.33. The minimum atomic E-state index is -0.0417. The summed E-state index contributed by atoms with van der Waals surface area (Å²) in [7, 11) is 3.31. The van der Waals surface area contributed by atoms with E-state index in [1.165, 1.54) is 0 Å². The Morgan fingerprint density at radius 3 is 2.93 bits per heavy atom. The number of carbonyl (C=O) groups is 1. The number of anilines is 1. The lowest BCUT2D eigenvalue weighted by atomic mass is 9.97. The lowest BCUT2D eigenvalue weighted by Crippen LogP contribution is -2.43. The van der Waals surface area contributed by atoms with E-state index >= 15 is 0 Å². The van der Waals surface area contributed by atoms with Gasteiger partial charge in [0.1, 0.15) is 11.5 Å². The first-order valence-electron chi connectivity index (χ1n) is 9.77. The molecule has 1 aliphatic rings. The summed E-state index contributed by atoms with van der Waals surface area (Å²) < 4.78 is 11.8. The van der Waals surface area contributed by atoms with Gasteiger partial charge in [-0.25, -0.2) is 4.98 Å². The number of benzene rings is 2. The van der Waals surface area contributed by atoms with E-state index in [4.69, 9.17) is 14.5 Å². The molecule has 1 aromatic heterocycles. The molecular weight excluding hydrogens is 386 g/mol. The van der Waals surface area contributed by atoms with Crippen molar-refractivity contribution in [2.45, 2.75) is 19.4 Å². The predicted molar refractivity (Wildman–Crippen MR) is 116 cm³/mol. The maximum atomic E-state index is 12.8. The number of piperidine rings is 1. The van der Waals surface area contributed by atoms with Gasteiger partial charge < -0.3 is 19.7 Å². The Morgan fingerprint density at radius 2 is 2.10 bits per heavy atom. The smallest absolute Gasteiger partial charge is 0.225 e. The summed E-state index contributed by atoms with van der Waals surface area (Å²) in [6, 6.07) is 13.7. The molecule has 1 amide bonds. The molecule has 0 radical (unpaired) electrons. The Bertz CT molecular complexity index is 1000. The first kappa shape index (κ1) is 19.5. The van der Waals surface area contributed by atoms with E-state index < -0.39 is 0 Å². The quantitative estimate of drug-likeness (QED) is 0.668. The van der Waals surface area contributed by atoms with Gasteiger partial charge in [0, 0.05) is 25.2 Å². The molecule has 1 aliphatic heterocycles. The Balaban J connectivity index is 1.42. The van der Waals surface area contributed by atoms with Gasteiger partial charge in [0.15, 0.2) is 5.13 Å². The largest absolute Gasteiger partial charge is 0.497 e. The van der Waals surface area contributed by atoms with Crippen molar-refractivity contribution in [3.63, 3.8) is 0 Å². The number of hydrogen-bond donors (Lipinski definition) is 1.